The lowest BCUT2D eigenvalue weighted by Gasteiger charge is -2.30. The van der Waals surface area contributed by atoms with E-state index in [4.69, 9.17) is 25.8 Å². The number of benzene rings is 2. The Labute approximate surface area is 159 Å². The van der Waals surface area contributed by atoms with E-state index in [-0.39, 0.29) is 5.91 Å². The van der Waals surface area contributed by atoms with E-state index in [1.807, 2.05) is 18.2 Å². The van der Waals surface area contributed by atoms with Gasteiger partial charge in [0, 0.05) is 18.6 Å². The molecule has 0 aromatic heterocycles. The summed E-state index contributed by atoms with van der Waals surface area (Å²) >= 11 is 5.88. The van der Waals surface area contributed by atoms with Gasteiger partial charge in [0.05, 0.1) is 14.2 Å². The zero-order chi connectivity index (χ0) is 19.3. The molecule has 0 bridgehead atoms. The number of hydrogen-bond acceptors (Lipinski definition) is 4. The van der Waals surface area contributed by atoms with Crippen LogP contribution in [0.15, 0.2) is 42.5 Å². The molecule has 140 valence electrons. The molecule has 6 heteroatoms. The van der Waals surface area contributed by atoms with Crippen LogP contribution in [0.3, 0.4) is 0 Å². The number of likely N-dealkylation sites (N-methyl/N-ethyl adjacent to an activating group) is 1. The molecule has 2 aromatic carbocycles. The highest BCUT2D eigenvalue weighted by Crippen LogP contribution is 2.28. The van der Waals surface area contributed by atoms with Crippen LogP contribution in [0.25, 0.3) is 0 Å². The number of carbonyl (C=O) groups excluding carboxylic acids is 1. The number of amides is 1. The van der Waals surface area contributed by atoms with Crippen LogP contribution in [0.5, 0.6) is 17.2 Å². The Bertz CT molecular complexity index is 759. The van der Waals surface area contributed by atoms with Crippen molar-refractivity contribution in [3.05, 3.63) is 53.1 Å². The summed E-state index contributed by atoms with van der Waals surface area (Å²) in [4.78, 5) is 14.5. The van der Waals surface area contributed by atoms with Crippen molar-refractivity contribution in [2.24, 2.45) is 0 Å². The van der Waals surface area contributed by atoms with Crippen molar-refractivity contribution in [1.82, 2.24) is 4.90 Å². The van der Waals surface area contributed by atoms with E-state index in [0.29, 0.717) is 28.8 Å². The van der Waals surface area contributed by atoms with Crippen molar-refractivity contribution in [1.29, 1.82) is 0 Å². The Morgan fingerprint density at radius 2 is 1.65 bits per heavy atom. The molecule has 1 amide bonds. The first kappa shape index (κ1) is 19.9. The van der Waals surface area contributed by atoms with Gasteiger partial charge in [-0.05, 0) is 55.8 Å². The quantitative estimate of drug-likeness (QED) is 0.726. The summed E-state index contributed by atoms with van der Waals surface area (Å²) in [7, 11) is 4.91. The predicted molar refractivity (Wildman–Crippen MR) is 102 cm³/mol. The van der Waals surface area contributed by atoms with Crippen molar-refractivity contribution in [3.8, 4) is 17.2 Å². The van der Waals surface area contributed by atoms with Gasteiger partial charge in [-0.3, -0.25) is 4.79 Å². The van der Waals surface area contributed by atoms with E-state index in [1.54, 1.807) is 64.3 Å². The van der Waals surface area contributed by atoms with Gasteiger partial charge in [0.2, 0.25) is 0 Å². The number of halogens is 1. The van der Waals surface area contributed by atoms with Gasteiger partial charge in [0.1, 0.15) is 5.75 Å². The van der Waals surface area contributed by atoms with Crippen molar-refractivity contribution in [2.45, 2.75) is 26.0 Å². The second-order valence-electron chi connectivity index (χ2n) is 6.42. The van der Waals surface area contributed by atoms with E-state index in [1.165, 1.54) is 0 Å². The molecule has 0 saturated carbocycles. The van der Waals surface area contributed by atoms with Gasteiger partial charge < -0.3 is 19.1 Å². The average Bonchev–Trinajstić information content (AvgIpc) is 2.62. The number of ether oxygens (including phenoxy) is 3. The van der Waals surface area contributed by atoms with Gasteiger partial charge in [-0.15, -0.1) is 0 Å². The minimum atomic E-state index is -1.01. The molecular formula is C20H24ClNO4. The fourth-order valence-corrected chi connectivity index (χ4v) is 2.75. The third kappa shape index (κ3) is 4.82. The minimum Gasteiger partial charge on any atom is -0.493 e. The summed E-state index contributed by atoms with van der Waals surface area (Å²) in [5, 5.41) is 0.618. The Balaban J connectivity index is 2.09. The largest absolute Gasteiger partial charge is 0.493 e. The maximum atomic E-state index is 12.8. The lowest BCUT2D eigenvalue weighted by molar-refractivity contribution is -0.144. The Hall–Kier alpha value is -2.40. The first-order valence-corrected chi connectivity index (χ1v) is 8.55. The predicted octanol–water partition coefficient (Wildman–Crippen LogP) is 4.17. The second-order valence-corrected chi connectivity index (χ2v) is 6.85. The third-order valence-corrected chi connectivity index (χ3v) is 4.17. The van der Waals surface area contributed by atoms with E-state index in [9.17, 15) is 4.79 Å². The van der Waals surface area contributed by atoms with Gasteiger partial charge in [0.25, 0.3) is 5.91 Å². The highest BCUT2D eigenvalue weighted by molar-refractivity contribution is 6.30. The van der Waals surface area contributed by atoms with Gasteiger partial charge in [-0.1, -0.05) is 17.7 Å². The smallest absolute Gasteiger partial charge is 0.266 e. The average molecular weight is 378 g/mol. The summed E-state index contributed by atoms with van der Waals surface area (Å²) in [6.07, 6.45) is 0. The van der Waals surface area contributed by atoms with E-state index in [0.717, 1.165) is 5.56 Å². The summed E-state index contributed by atoms with van der Waals surface area (Å²) < 4.78 is 16.4. The molecule has 0 saturated heterocycles. The Morgan fingerprint density at radius 3 is 2.23 bits per heavy atom. The number of rotatable bonds is 7. The first-order valence-electron chi connectivity index (χ1n) is 8.18. The molecule has 0 aliphatic carbocycles. The molecule has 5 nitrogen and oxygen atoms in total. The van der Waals surface area contributed by atoms with Crippen LogP contribution in [0.1, 0.15) is 19.4 Å². The van der Waals surface area contributed by atoms with Crippen LogP contribution in [0, 0.1) is 0 Å². The third-order valence-electron chi connectivity index (χ3n) is 3.92. The molecule has 0 N–H and O–H groups in total. The molecule has 2 rings (SSSR count). The van der Waals surface area contributed by atoms with E-state index in [2.05, 4.69) is 0 Å². The van der Waals surface area contributed by atoms with Gasteiger partial charge in [0.15, 0.2) is 17.1 Å². The van der Waals surface area contributed by atoms with Crippen LogP contribution in [0.4, 0.5) is 0 Å². The molecule has 0 spiro atoms. The number of methoxy groups -OCH3 is 2. The molecule has 2 aromatic rings. The molecule has 0 atom stereocenters. The van der Waals surface area contributed by atoms with Gasteiger partial charge in [-0.2, -0.15) is 0 Å². The Kier molecular flexibility index (Phi) is 6.37. The molecule has 0 radical (unpaired) electrons. The summed E-state index contributed by atoms with van der Waals surface area (Å²) in [5.74, 6) is 1.73. The fraction of sp³-hybridized carbons (Fsp3) is 0.350. The molecule has 0 aliphatic rings. The normalized spacial score (nSPS) is 11.0. The van der Waals surface area contributed by atoms with Gasteiger partial charge >= 0.3 is 0 Å². The lowest BCUT2D eigenvalue weighted by atomic mass is 10.1. The maximum absolute atomic E-state index is 12.8. The molecule has 0 heterocycles. The molecule has 0 unspecified atom stereocenters. The molecule has 0 fully saturated rings. The SMILES string of the molecule is COc1ccc(CN(C)C(=O)C(C)(C)Oc2ccc(Cl)cc2)cc1OC. The van der Waals surface area contributed by atoms with Crippen LogP contribution >= 0.6 is 11.6 Å². The van der Waals surface area contributed by atoms with Crippen LogP contribution in [0.2, 0.25) is 5.02 Å². The van der Waals surface area contributed by atoms with E-state index < -0.39 is 5.60 Å². The molecule has 26 heavy (non-hydrogen) atoms. The zero-order valence-corrected chi connectivity index (χ0v) is 16.5. The van der Waals surface area contributed by atoms with Gasteiger partial charge in [-0.25, -0.2) is 0 Å². The number of carbonyl (C=O) groups is 1. The van der Waals surface area contributed by atoms with Crippen LogP contribution < -0.4 is 14.2 Å². The Morgan fingerprint density at radius 1 is 1.04 bits per heavy atom. The second kappa shape index (κ2) is 8.32. The van der Waals surface area contributed by atoms with Crippen molar-refractivity contribution in [3.63, 3.8) is 0 Å². The summed E-state index contributed by atoms with van der Waals surface area (Å²) in [6.45, 7) is 3.91. The van der Waals surface area contributed by atoms with Crippen molar-refractivity contribution < 1.29 is 19.0 Å². The van der Waals surface area contributed by atoms with Crippen molar-refractivity contribution in [2.75, 3.05) is 21.3 Å². The zero-order valence-electron chi connectivity index (χ0n) is 15.7. The summed E-state index contributed by atoms with van der Waals surface area (Å²) in [6, 6.07) is 12.5. The number of hydrogen-bond donors (Lipinski definition) is 0. The molecule has 0 aliphatic heterocycles. The topological polar surface area (TPSA) is 48.0 Å². The van der Waals surface area contributed by atoms with E-state index >= 15 is 0 Å². The molecular weight excluding hydrogens is 354 g/mol. The maximum Gasteiger partial charge on any atom is 0.266 e. The highest BCUT2D eigenvalue weighted by atomic mass is 35.5. The van der Waals surface area contributed by atoms with Crippen molar-refractivity contribution >= 4 is 17.5 Å². The number of nitrogens with zero attached hydrogens (tertiary/aromatic N) is 1. The summed E-state index contributed by atoms with van der Waals surface area (Å²) in [5.41, 5.74) is -0.0835. The minimum absolute atomic E-state index is 0.137. The van der Waals surface area contributed by atoms with Crippen LogP contribution in [-0.4, -0.2) is 37.7 Å². The lowest BCUT2D eigenvalue weighted by Crippen LogP contribution is -2.47. The monoisotopic (exact) mass is 377 g/mol. The fourth-order valence-electron chi connectivity index (χ4n) is 2.63. The standard InChI is InChI=1S/C20H24ClNO4/c1-20(2,26-16-9-7-15(21)8-10-16)19(23)22(3)13-14-6-11-17(24-4)18(12-14)25-5/h6-12H,13H2,1-5H3. The van der Waals surface area contributed by atoms with Crippen LogP contribution in [-0.2, 0) is 11.3 Å². The highest BCUT2D eigenvalue weighted by Gasteiger charge is 2.33. The first-order chi connectivity index (χ1) is 12.3.